The zero-order valence-electron chi connectivity index (χ0n) is 14.0. The SMILES string of the molecule is CC1CC=C(c2cnc3[nH]ncc3c2)N(C(=O)OC(C)(C)C)C1. The maximum absolute atomic E-state index is 12.6. The molecule has 6 nitrogen and oxygen atoms in total. The smallest absolute Gasteiger partial charge is 0.414 e. The van der Waals surface area contributed by atoms with Crippen LogP contribution in [0.3, 0.4) is 0 Å². The number of carbonyl (C=O) groups is 1. The molecule has 0 spiro atoms. The number of pyridine rings is 1. The van der Waals surface area contributed by atoms with E-state index < -0.39 is 5.60 Å². The molecule has 0 aromatic carbocycles. The van der Waals surface area contributed by atoms with Crippen LogP contribution in [-0.4, -0.2) is 38.3 Å². The molecule has 1 N–H and O–H groups in total. The lowest BCUT2D eigenvalue weighted by atomic mass is 9.99. The molecule has 3 heterocycles. The maximum atomic E-state index is 12.6. The molecule has 0 aliphatic carbocycles. The second-order valence-corrected chi connectivity index (χ2v) is 7.05. The summed E-state index contributed by atoms with van der Waals surface area (Å²) in [6, 6.07) is 1.99. The molecule has 3 rings (SSSR count). The number of amides is 1. The molecule has 2 aromatic heterocycles. The number of ether oxygens (including phenoxy) is 1. The Hall–Kier alpha value is -2.37. The van der Waals surface area contributed by atoms with E-state index in [9.17, 15) is 4.79 Å². The number of aromatic amines is 1. The van der Waals surface area contributed by atoms with Gasteiger partial charge in [0, 0.05) is 23.7 Å². The zero-order chi connectivity index (χ0) is 16.6. The molecule has 0 bridgehead atoms. The lowest BCUT2D eigenvalue weighted by Crippen LogP contribution is -2.39. The number of allylic oxidation sites excluding steroid dienone is 1. The monoisotopic (exact) mass is 314 g/mol. The van der Waals surface area contributed by atoms with Crippen molar-refractivity contribution >= 4 is 22.8 Å². The topological polar surface area (TPSA) is 71.1 Å². The van der Waals surface area contributed by atoms with E-state index in [1.54, 1.807) is 17.3 Å². The Morgan fingerprint density at radius 2 is 2.17 bits per heavy atom. The van der Waals surface area contributed by atoms with Gasteiger partial charge in [0.2, 0.25) is 0 Å². The average Bonchev–Trinajstić information content (AvgIpc) is 2.92. The van der Waals surface area contributed by atoms with Crippen molar-refractivity contribution in [3.05, 3.63) is 30.1 Å². The third kappa shape index (κ3) is 3.36. The third-order valence-electron chi connectivity index (χ3n) is 3.70. The van der Waals surface area contributed by atoms with Crippen molar-refractivity contribution in [2.24, 2.45) is 5.92 Å². The van der Waals surface area contributed by atoms with E-state index in [0.717, 1.165) is 28.7 Å². The lowest BCUT2D eigenvalue weighted by molar-refractivity contribution is 0.0327. The van der Waals surface area contributed by atoms with E-state index >= 15 is 0 Å². The fourth-order valence-electron chi connectivity index (χ4n) is 2.65. The van der Waals surface area contributed by atoms with Crippen LogP contribution in [-0.2, 0) is 4.74 Å². The van der Waals surface area contributed by atoms with Gasteiger partial charge in [-0.15, -0.1) is 0 Å². The van der Waals surface area contributed by atoms with E-state index in [1.807, 2.05) is 26.8 Å². The van der Waals surface area contributed by atoms with Gasteiger partial charge in [-0.3, -0.25) is 10.00 Å². The van der Waals surface area contributed by atoms with E-state index in [2.05, 4.69) is 28.2 Å². The van der Waals surface area contributed by atoms with Gasteiger partial charge in [0.05, 0.1) is 11.9 Å². The van der Waals surface area contributed by atoms with Crippen molar-refractivity contribution in [3.8, 4) is 0 Å². The number of H-pyrrole nitrogens is 1. The fraction of sp³-hybridized carbons (Fsp3) is 0.471. The van der Waals surface area contributed by atoms with Crippen molar-refractivity contribution in [2.45, 2.75) is 39.7 Å². The molecule has 0 saturated heterocycles. The predicted octanol–water partition coefficient (Wildman–Crippen LogP) is 3.58. The molecular formula is C17H22N4O2. The number of hydrogen-bond acceptors (Lipinski definition) is 4. The van der Waals surface area contributed by atoms with E-state index in [4.69, 9.17) is 4.74 Å². The first-order valence-electron chi connectivity index (χ1n) is 7.83. The molecule has 23 heavy (non-hydrogen) atoms. The summed E-state index contributed by atoms with van der Waals surface area (Å²) in [6.07, 6.45) is 6.19. The Kier molecular flexibility index (Phi) is 3.83. The van der Waals surface area contributed by atoms with Gasteiger partial charge in [-0.05, 0) is 39.2 Å². The van der Waals surface area contributed by atoms with Crippen LogP contribution in [0.4, 0.5) is 4.79 Å². The molecule has 0 saturated carbocycles. The molecular weight excluding hydrogens is 292 g/mol. The molecule has 1 unspecified atom stereocenters. The Morgan fingerprint density at radius 1 is 1.39 bits per heavy atom. The number of nitrogens with zero attached hydrogens (tertiary/aromatic N) is 3. The number of aromatic nitrogens is 3. The number of rotatable bonds is 1. The molecule has 1 aliphatic rings. The molecule has 2 aromatic rings. The number of hydrogen-bond donors (Lipinski definition) is 1. The van der Waals surface area contributed by atoms with Crippen LogP contribution in [0.2, 0.25) is 0 Å². The summed E-state index contributed by atoms with van der Waals surface area (Å²) in [5, 5.41) is 7.75. The Labute approximate surface area is 135 Å². The lowest BCUT2D eigenvalue weighted by Gasteiger charge is -2.33. The Morgan fingerprint density at radius 3 is 2.91 bits per heavy atom. The van der Waals surface area contributed by atoms with Gasteiger partial charge in [0.15, 0.2) is 5.65 Å². The first-order chi connectivity index (χ1) is 10.8. The highest BCUT2D eigenvalue weighted by molar-refractivity contribution is 5.85. The fourth-order valence-corrected chi connectivity index (χ4v) is 2.65. The van der Waals surface area contributed by atoms with E-state index in [0.29, 0.717) is 12.5 Å². The van der Waals surface area contributed by atoms with E-state index in [1.165, 1.54) is 0 Å². The highest BCUT2D eigenvalue weighted by Crippen LogP contribution is 2.29. The summed E-state index contributed by atoms with van der Waals surface area (Å²) in [7, 11) is 0. The minimum atomic E-state index is -0.518. The van der Waals surface area contributed by atoms with Crippen LogP contribution < -0.4 is 0 Å². The summed E-state index contributed by atoms with van der Waals surface area (Å²) < 4.78 is 5.56. The van der Waals surface area contributed by atoms with Gasteiger partial charge in [-0.2, -0.15) is 5.10 Å². The first kappa shape index (κ1) is 15.5. The molecule has 1 atom stereocenters. The highest BCUT2D eigenvalue weighted by atomic mass is 16.6. The van der Waals surface area contributed by atoms with Crippen molar-refractivity contribution in [1.82, 2.24) is 20.1 Å². The third-order valence-corrected chi connectivity index (χ3v) is 3.70. The van der Waals surface area contributed by atoms with Gasteiger partial charge in [0.25, 0.3) is 0 Å². The largest absolute Gasteiger partial charge is 0.443 e. The summed E-state index contributed by atoms with van der Waals surface area (Å²) >= 11 is 0. The normalized spacial score (nSPS) is 18.9. The molecule has 1 aliphatic heterocycles. The predicted molar refractivity (Wildman–Crippen MR) is 88.6 cm³/mol. The van der Waals surface area contributed by atoms with Crippen molar-refractivity contribution in [2.75, 3.05) is 6.54 Å². The van der Waals surface area contributed by atoms with Crippen LogP contribution in [0.25, 0.3) is 16.7 Å². The summed E-state index contributed by atoms with van der Waals surface area (Å²) in [5.74, 6) is 0.400. The quantitative estimate of drug-likeness (QED) is 0.873. The van der Waals surface area contributed by atoms with Gasteiger partial charge in [0.1, 0.15) is 5.60 Å². The Balaban J connectivity index is 1.95. The van der Waals surface area contributed by atoms with Crippen LogP contribution in [0, 0.1) is 5.92 Å². The molecule has 0 radical (unpaired) electrons. The average molecular weight is 314 g/mol. The number of fused-ring (bicyclic) bond motifs is 1. The highest BCUT2D eigenvalue weighted by Gasteiger charge is 2.29. The van der Waals surface area contributed by atoms with Crippen molar-refractivity contribution < 1.29 is 9.53 Å². The minimum Gasteiger partial charge on any atom is -0.443 e. The molecule has 122 valence electrons. The minimum absolute atomic E-state index is 0.317. The van der Waals surface area contributed by atoms with Crippen LogP contribution in [0.5, 0.6) is 0 Å². The standard InChI is InChI=1S/C17H22N4O2/c1-11-5-6-14(21(10-11)16(22)23-17(2,3)4)12-7-13-9-19-20-15(13)18-8-12/h6-9,11H,5,10H2,1-4H3,(H,18,19,20). The maximum Gasteiger partial charge on any atom is 0.414 e. The number of nitrogens with one attached hydrogen (secondary N) is 1. The summed E-state index contributed by atoms with van der Waals surface area (Å²) in [5.41, 5.74) is 1.97. The van der Waals surface area contributed by atoms with Crippen molar-refractivity contribution in [3.63, 3.8) is 0 Å². The van der Waals surface area contributed by atoms with Gasteiger partial charge in [-0.25, -0.2) is 9.78 Å². The van der Waals surface area contributed by atoms with Gasteiger partial charge >= 0.3 is 6.09 Å². The van der Waals surface area contributed by atoms with Crippen LogP contribution in [0.15, 0.2) is 24.5 Å². The van der Waals surface area contributed by atoms with E-state index in [-0.39, 0.29) is 6.09 Å². The summed E-state index contributed by atoms with van der Waals surface area (Å²) in [6.45, 7) is 8.40. The van der Waals surface area contributed by atoms with Crippen LogP contribution in [0.1, 0.15) is 39.7 Å². The molecule has 1 amide bonds. The second-order valence-electron chi connectivity index (χ2n) is 7.05. The molecule has 6 heteroatoms. The van der Waals surface area contributed by atoms with Gasteiger partial charge < -0.3 is 4.74 Å². The second kappa shape index (κ2) is 5.68. The van der Waals surface area contributed by atoms with Crippen molar-refractivity contribution in [1.29, 1.82) is 0 Å². The van der Waals surface area contributed by atoms with Crippen LogP contribution >= 0.6 is 0 Å². The zero-order valence-corrected chi connectivity index (χ0v) is 14.0. The summed E-state index contributed by atoms with van der Waals surface area (Å²) in [4.78, 5) is 18.7. The number of carbonyl (C=O) groups excluding carboxylic acids is 1. The van der Waals surface area contributed by atoms with Gasteiger partial charge in [-0.1, -0.05) is 13.0 Å². The first-order valence-corrected chi connectivity index (χ1v) is 7.83. The Bertz CT molecular complexity index is 757. The molecule has 0 fully saturated rings.